The number of nitrogens with one attached hydrogen (secondary N) is 1. The first kappa shape index (κ1) is 26.6. The zero-order valence-corrected chi connectivity index (χ0v) is 17.5. The predicted molar refractivity (Wildman–Crippen MR) is 115 cm³/mol. The lowest BCUT2D eigenvalue weighted by Crippen LogP contribution is -2.01. The van der Waals surface area contributed by atoms with E-state index in [1.165, 1.54) is 24.8 Å². The molecule has 0 aliphatic carbocycles. The molecule has 0 atom stereocenters. The maximum atomic E-state index is 8.90. The third-order valence-electron chi connectivity index (χ3n) is 2.36. The number of rotatable bonds is 4. The van der Waals surface area contributed by atoms with Crippen molar-refractivity contribution >= 4 is 23.7 Å². The number of aromatic nitrogens is 2. The van der Waals surface area contributed by atoms with Crippen LogP contribution < -0.4 is 16.5 Å². The fourth-order valence-electron chi connectivity index (χ4n) is 1.29. The van der Waals surface area contributed by atoms with Crippen LogP contribution in [0.3, 0.4) is 0 Å². The van der Waals surface area contributed by atoms with Gasteiger partial charge in [0.05, 0.1) is 28.8 Å². The lowest BCUT2D eigenvalue weighted by molar-refractivity contribution is 0.332. The van der Waals surface area contributed by atoms with Gasteiger partial charge in [-0.05, 0) is 36.6 Å². The largest absolute Gasteiger partial charge is 0.506 e. The number of hydrogen-bond acceptors (Lipinski definition) is 8. The van der Waals surface area contributed by atoms with E-state index in [2.05, 4.69) is 28.7 Å². The molecule has 2 aromatic heterocycles. The zero-order valence-electron chi connectivity index (χ0n) is 16.6. The third kappa shape index (κ3) is 13.3. The molecular formula is C19H31N5O2S. The Morgan fingerprint density at radius 3 is 2.19 bits per heavy atom. The normalized spacial score (nSPS) is 9.33. The van der Waals surface area contributed by atoms with Crippen LogP contribution in [0.2, 0.25) is 0 Å². The molecule has 2 aromatic rings. The Labute approximate surface area is 166 Å². The molecule has 0 bridgehead atoms. The van der Waals surface area contributed by atoms with E-state index in [4.69, 9.17) is 22.1 Å². The van der Waals surface area contributed by atoms with E-state index < -0.39 is 0 Å². The van der Waals surface area contributed by atoms with Crippen molar-refractivity contribution in [2.24, 2.45) is 11.6 Å². The molecule has 0 unspecified atom stereocenters. The zero-order chi connectivity index (χ0) is 21.1. The van der Waals surface area contributed by atoms with E-state index in [1.54, 1.807) is 30.1 Å². The SMILES string of the molecule is CC.CCC.CSc1ccc(ON)cn1.N=C/C=C(\N)c1ccc(O)cn1. The van der Waals surface area contributed by atoms with Crippen LogP contribution in [0.25, 0.3) is 5.70 Å². The van der Waals surface area contributed by atoms with Gasteiger partial charge in [-0.2, -0.15) is 5.90 Å². The highest BCUT2D eigenvalue weighted by Crippen LogP contribution is 2.14. The van der Waals surface area contributed by atoms with E-state index in [-0.39, 0.29) is 5.75 Å². The lowest BCUT2D eigenvalue weighted by Gasteiger charge is -1.98. The average molecular weight is 394 g/mol. The molecule has 8 heteroatoms. The van der Waals surface area contributed by atoms with Crippen molar-refractivity contribution < 1.29 is 9.94 Å². The van der Waals surface area contributed by atoms with Crippen molar-refractivity contribution in [2.45, 2.75) is 39.1 Å². The van der Waals surface area contributed by atoms with Crippen LogP contribution in [0.4, 0.5) is 0 Å². The number of pyridine rings is 2. The summed E-state index contributed by atoms with van der Waals surface area (Å²) in [5.41, 5.74) is 6.48. The Bertz CT molecular complexity index is 609. The van der Waals surface area contributed by atoms with Gasteiger partial charge in [0.25, 0.3) is 0 Å². The number of nitrogens with zero attached hydrogens (tertiary/aromatic N) is 2. The molecule has 27 heavy (non-hydrogen) atoms. The maximum Gasteiger partial charge on any atom is 0.165 e. The molecule has 150 valence electrons. The standard InChI is InChI=1S/C8H9N3O.C6H8N2OS.C3H8.C2H6/c9-4-3-7(10)8-2-1-6(12)5-11-8;1-10-6-3-2-5(9-7)4-8-6;1-3-2;1-2/h1-5,9,12H,10H2;2-4H,7H2,1H3;3H2,1-2H3;1-2H3/b7-3-,9-4?;;;. The molecule has 2 heterocycles. The van der Waals surface area contributed by atoms with Crippen molar-refractivity contribution in [1.29, 1.82) is 5.41 Å². The summed E-state index contributed by atoms with van der Waals surface area (Å²) in [6.07, 6.45) is 8.63. The summed E-state index contributed by atoms with van der Waals surface area (Å²) < 4.78 is 0. The molecule has 0 saturated carbocycles. The van der Waals surface area contributed by atoms with Crippen LogP contribution in [0.1, 0.15) is 39.8 Å². The molecule has 6 N–H and O–H groups in total. The van der Waals surface area contributed by atoms with Crippen LogP contribution in [0, 0.1) is 5.41 Å². The van der Waals surface area contributed by atoms with Gasteiger partial charge in [0.15, 0.2) is 5.75 Å². The minimum Gasteiger partial charge on any atom is -0.506 e. The first-order valence-corrected chi connectivity index (χ1v) is 9.73. The summed E-state index contributed by atoms with van der Waals surface area (Å²) in [5, 5.41) is 16.6. The van der Waals surface area contributed by atoms with Gasteiger partial charge in [-0.1, -0.05) is 34.1 Å². The molecular weight excluding hydrogens is 362 g/mol. The van der Waals surface area contributed by atoms with Gasteiger partial charge in [-0.3, -0.25) is 4.98 Å². The molecule has 0 spiro atoms. The van der Waals surface area contributed by atoms with Crippen LogP contribution in [0.5, 0.6) is 11.5 Å². The summed E-state index contributed by atoms with van der Waals surface area (Å²) in [6.45, 7) is 8.25. The number of hydrogen-bond donors (Lipinski definition) is 4. The Morgan fingerprint density at radius 1 is 1.19 bits per heavy atom. The van der Waals surface area contributed by atoms with Crippen LogP contribution in [-0.2, 0) is 0 Å². The van der Waals surface area contributed by atoms with Crippen LogP contribution in [0.15, 0.2) is 47.8 Å². The van der Waals surface area contributed by atoms with E-state index >= 15 is 0 Å². The topological polar surface area (TPSA) is 131 Å². The van der Waals surface area contributed by atoms with Gasteiger partial charge in [-0.15, -0.1) is 11.8 Å². The summed E-state index contributed by atoms with van der Waals surface area (Å²) in [4.78, 5) is 12.3. The fourth-order valence-corrected chi connectivity index (χ4v) is 1.65. The predicted octanol–water partition coefficient (Wildman–Crippen LogP) is 4.23. The van der Waals surface area contributed by atoms with Gasteiger partial charge < -0.3 is 21.1 Å². The number of allylic oxidation sites excluding steroid dienone is 1. The molecule has 0 aromatic carbocycles. The molecule has 0 radical (unpaired) electrons. The Balaban J connectivity index is 0. The van der Waals surface area contributed by atoms with Gasteiger partial charge in [0.2, 0.25) is 0 Å². The van der Waals surface area contributed by atoms with Crippen molar-refractivity contribution in [1.82, 2.24) is 9.97 Å². The van der Waals surface area contributed by atoms with Gasteiger partial charge in [0.1, 0.15) is 5.75 Å². The van der Waals surface area contributed by atoms with E-state index in [0.29, 0.717) is 17.1 Å². The van der Waals surface area contributed by atoms with Gasteiger partial charge in [0, 0.05) is 6.21 Å². The molecule has 0 aliphatic rings. The highest BCUT2D eigenvalue weighted by atomic mass is 32.2. The van der Waals surface area contributed by atoms with Crippen LogP contribution in [-0.4, -0.2) is 27.5 Å². The lowest BCUT2D eigenvalue weighted by atomic mass is 10.2. The Hall–Kier alpha value is -2.58. The number of aromatic hydroxyl groups is 1. The molecule has 0 fully saturated rings. The second-order valence-electron chi connectivity index (χ2n) is 4.55. The number of nitrogens with two attached hydrogens (primary N) is 2. The highest BCUT2D eigenvalue weighted by molar-refractivity contribution is 7.98. The van der Waals surface area contributed by atoms with Gasteiger partial charge in [-0.25, -0.2) is 4.98 Å². The molecule has 7 nitrogen and oxygen atoms in total. The molecule has 0 amide bonds. The first-order chi connectivity index (χ1) is 13.0. The average Bonchev–Trinajstić information content (AvgIpc) is 2.71. The summed E-state index contributed by atoms with van der Waals surface area (Å²) in [6, 6.07) is 6.71. The van der Waals surface area contributed by atoms with Gasteiger partial charge >= 0.3 is 0 Å². The maximum absolute atomic E-state index is 8.90. The van der Waals surface area contributed by atoms with E-state index in [9.17, 15) is 0 Å². The Kier molecular flexibility index (Phi) is 18.0. The monoisotopic (exact) mass is 393 g/mol. The molecule has 0 saturated heterocycles. The smallest absolute Gasteiger partial charge is 0.165 e. The van der Waals surface area contributed by atoms with E-state index in [1.807, 2.05) is 26.2 Å². The molecule has 2 rings (SSSR count). The summed E-state index contributed by atoms with van der Waals surface area (Å²) in [5.74, 6) is 5.57. The molecule has 0 aliphatic heterocycles. The minimum absolute atomic E-state index is 0.0985. The second kappa shape index (κ2) is 18.2. The van der Waals surface area contributed by atoms with Crippen LogP contribution >= 0.6 is 11.8 Å². The van der Waals surface area contributed by atoms with Crippen molar-refractivity contribution in [3.05, 3.63) is 48.4 Å². The highest BCUT2D eigenvalue weighted by Gasteiger charge is 1.96. The summed E-state index contributed by atoms with van der Waals surface area (Å²) >= 11 is 1.58. The first-order valence-electron chi connectivity index (χ1n) is 8.50. The fraction of sp³-hybridized carbons (Fsp3) is 0.316. The third-order valence-corrected chi connectivity index (χ3v) is 3.02. The second-order valence-corrected chi connectivity index (χ2v) is 5.38. The van der Waals surface area contributed by atoms with E-state index in [0.717, 1.165) is 11.2 Å². The summed E-state index contributed by atoms with van der Waals surface area (Å²) in [7, 11) is 0. The van der Waals surface area contributed by atoms with Crippen molar-refractivity contribution in [3.63, 3.8) is 0 Å². The number of thioether (sulfide) groups is 1. The van der Waals surface area contributed by atoms with Crippen molar-refractivity contribution in [2.75, 3.05) is 6.26 Å². The quantitative estimate of drug-likeness (QED) is 0.347. The minimum atomic E-state index is 0.0985. The van der Waals surface area contributed by atoms with Crippen molar-refractivity contribution in [3.8, 4) is 11.5 Å². The Morgan fingerprint density at radius 2 is 1.81 bits per heavy atom.